The summed E-state index contributed by atoms with van der Waals surface area (Å²) in [6.07, 6.45) is 2.57. The molecule has 82 valence electrons. The third kappa shape index (κ3) is 2.92. The minimum Gasteiger partial charge on any atom is -0.358 e. The third-order valence-electron chi connectivity index (χ3n) is 2.75. The summed E-state index contributed by atoms with van der Waals surface area (Å²) in [5.41, 5.74) is 0. The molecule has 1 fully saturated rings. The van der Waals surface area contributed by atoms with Crippen molar-refractivity contribution in [3.05, 3.63) is 22.8 Å². The van der Waals surface area contributed by atoms with Crippen LogP contribution in [0.1, 0.15) is 12.8 Å². The molecule has 1 aliphatic rings. The fourth-order valence-electron chi connectivity index (χ4n) is 1.95. The SMILES string of the molecule is CN(CC1CCCN1)c1cccc(Br)n1. The number of hydrogen-bond acceptors (Lipinski definition) is 3. The summed E-state index contributed by atoms with van der Waals surface area (Å²) in [6.45, 7) is 2.19. The lowest BCUT2D eigenvalue weighted by molar-refractivity contribution is 0.597. The second-order valence-electron chi connectivity index (χ2n) is 3.99. The molecule has 1 atom stereocenters. The Morgan fingerprint density at radius 3 is 3.13 bits per heavy atom. The number of halogens is 1. The van der Waals surface area contributed by atoms with Gasteiger partial charge in [-0.05, 0) is 47.4 Å². The molecule has 0 spiro atoms. The van der Waals surface area contributed by atoms with Crippen LogP contribution in [-0.2, 0) is 0 Å². The second kappa shape index (κ2) is 4.94. The topological polar surface area (TPSA) is 28.2 Å². The van der Waals surface area contributed by atoms with Crippen LogP contribution in [0.15, 0.2) is 22.8 Å². The summed E-state index contributed by atoms with van der Waals surface area (Å²) in [6, 6.07) is 6.63. The molecule has 2 rings (SSSR count). The van der Waals surface area contributed by atoms with Gasteiger partial charge >= 0.3 is 0 Å². The summed E-state index contributed by atoms with van der Waals surface area (Å²) in [5, 5.41) is 3.49. The van der Waals surface area contributed by atoms with Crippen molar-refractivity contribution in [2.75, 3.05) is 25.0 Å². The van der Waals surface area contributed by atoms with Crippen molar-refractivity contribution in [2.45, 2.75) is 18.9 Å². The molecule has 4 heteroatoms. The molecular formula is C11H16BrN3. The molecule has 1 aromatic heterocycles. The largest absolute Gasteiger partial charge is 0.358 e. The van der Waals surface area contributed by atoms with Gasteiger partial charge in [-0.15, -0.1) is 0 Å². The summed E-state index contributed by atoms with van der Waals surface area (Å²) < 4.78 is 0.895. The van der Waals surface area contributed by atoms with E-state index in [1.165, 1.54) is 12.8 Å². The van der Waals surface area contributed by atoms with Crippen molar-refractivity contribution in [1.82, 2.24) is 10.3 Å². The van der Waals surface area contributed by atoms with Crippen LogP contribution in [0.4, 0.5) is 5.82 Å². The predicted octanol–water partition coefficient (Wildman–Crippen LogP) is 2.03. The number of hydrogen-bond donors (Lipinski definition) is 1. The minimum atomic E-state index is 0.621. The molecule has 0 aromatic carbocycles. The number of nitrogens with one attached hydrogen (secondary N) is 1. The smallest absolute Gasteiger partial charge is 0.129 e. The van der Waals surface area contributed by atoms with Crippen LogP contribution in [0.25, 0.3) is 0 Å². The molecule has 2 heterocycles. The molecule has 1 aromatic rings. The Hall–Kier alpha value is -0.610. The van der Waals surface area contributed by atoms with Gasteiger partial charge in [-0.1, -0.05) is 6.07 Å². The van der Waals surface area contributed by atoms with E-state index in [9.17, 15) is 0 Å². The third-order valence-corrected chi connectivity index (χ3v) is 3.19. The van der Waals surface area contributed by atoms with Crippen molar-refractivity contribution >= 4 is 21.7 Å². The molecule has 15 heavy (non-hydrogen) atoms. The highest BCUT2D eigenvalue weighted by Gasteiger charge is 2.16. The molecular weight excluding hydrogens is 254 g/mol. The molecule has 3 nitrogen and oxygen atoms in total. The van der Waals surface area contributed by atoms with Gasteiger partial charge in [-0.3, -0.25) is 0 Å². The Balaban J connectivity index is 1.97. The van der Waals surface area contributed by atoms with Gasteiger partial charge in [0.15, 0.2) is 0 Å². The van der Waals surface area contributed by atoms with Gasteiger partial charge < -0.3 is 10.2 Å². The van der Waals surface area contributed by atoms with Crippen molar-refractivity contribution in [3.8, 4) is 0 Å². The van der Waals surface area contributed by atoms with E-state index in [-0.39, 0.29) is 0 Å². The number of anilines is 1. The highest BCUT2D eigenvalue weighted by molar-refractivity contribution is 9.10. The maximum absolute atomic E-state index is 4.43. The van der Waals surface area contributed by atoms with Crippen LogP contribution < -0.4 is 10.2 Å². The molecule has 0 aliphatic carbocycles. The molecule has 1 N–H and O–H groups in total. The van der Waals surface area contributed by atoms with Crippen LogP contribution in [0.2, 0.25) is 0 Å². The van der Waals surface area contributed by atoms with Gasteiger partial charge in [0, 0.05) is 19.6 Å². The van der Waals surface area contributed by atoms with Crippen LogP contribution in [-0.4, -0.2) is 31.2 Å². The van der Waals surface area contributed by atoms with Crippen LogP contribution in [0.3, 0.4) is 0 Å². The van der Waals surface area contributed by atoms with E-state index in [0.717, 1.165) is 23.5 Å². The van der Waals surface area contributed by atoms with E-state index < -0.39 is 0 Å². The normalized spacial score (nSPS) is 20.5. The van der Waals surface area contributed by atoms with Crippen molar-refractivity contribution in [2.24, 2.45) is 0 Å². The van der Waals surface area contributed by atoms with Crippen LogP contribution in [0.5, 0.6) is 0 Å². The molecule has 1 aliphatic heterocycles. The summed E-state index contributed by atoms with van der Waals surface area (Å²) in [5.74, 6) is 1.03. The van der Waals surface area contributed by atoms with Crippen LogP contribution in [0, 0.1) is 0 Å². The van der Waals surface area contributed by atoms with Gasteiger partial charge in [0.1, 0.15) is 10.4 Å². The van der Waals surface area contributed by atoms with Crippen molar-refractivity contribution in [3.63, 3.8) is 0 Å². The summed E-state index contributed by atoms with van der Waals surface area (Å²) in [7, 11) is 2.09. The molecule has 1 unspecified atom stereocenters. The maximum atomic E-state index is 4.43. The number of rotatable bonds is 3. The average Bonchev–Trinajstić information content (AvgIpc) is 2.70. The molecule has 0 saturated carbocycles. The molecule has 0 bridgehead atoms. The standard InChI is InChI=1S/C11H16BrN3/c1-15(8-9-4-3-7-13-9)11-6-2-5-10(12)14-11/h2,5-6,9,13H,3-4,7-8H2,1H3. The Morgan fingerprint density at radius 2 is 2.47 bits per heavy atom. The van der Waals surface area contributed by atoms with E-state index >= 15 is 0 Å². The van der Waals surface area contributed by atoms with E-state index in [1.807, 2.05) is 18.2 Å². The number of nitrogens with zero attached hydrogens (tertiary/aromatic N) is 2. The minimum absolute atomic E-state index is 0.621. The van der Waals surface area contributed by atoms with Gasteiger partial charge in [-0.25, -0.2) is 4.98 Å². The number of likely N-dealkylation sites (N-methyl/N-ethyl adjacent to an activating group) is 1. The zero-order valence-corrected chi connectivity index (χ0v) is 10.5. The lowest BCUT2D eigenvalue weighted by Crippen LogP contribution is -2.35. The Labute approximate surface area is 99.0 Å². The first-order valence-electron chi connectivity index (χ1n) is 5.33. The fourth-order valence-corrected chi connectivity index (χ4v) is 2.28. The average molecular weight is 270 g/mol. The second-order valence-corrected chi connectivity index (χ2v) is 4.80. The maximum Gasteiger partial charge on any atom is 0.129 e. The first-order chi connectivity index (χ1) is 7.25. The fraction of sp³-hybridized carbons (Fsp3) is 0.545. The van der Waals surface area contributed by atoms with Gasteiger partial charge in [0.2, 0.25) is 0 Å². The van der Waals surface area contributed by atoms with Crippen LogP contribution >= 0.6 is 15.9 Å². The number of pyridine rings is 1. The first-order valence-corrected chi connectivity index (χ1v) is 6.12. The quantitative estimate of drug-likeness (QED) is 0.852. The molecule has 0 radical (unpaired) electrons. The Kier molecular flexibility index (Phi) is 3.59. The first kappa shape index (κ1) is 10.9. The Morgan fingerprint density at radius 1 is 1.60 bits per heavy atom. The lowest BCUT2D eigenvalue weighted by atomic mass is 10.2. The van der Waals surface area contributed by atoms with E-state index in [0.29, 0.717) is 6.04 Å². The zero-order chi connectivity index (χ0) is 10.7. The predicted molar refractivity (Wildman–Crippen MR) is 66.2 cm³/mol. The summed E-state index contributed by atoms with van der Waals surface area (Å²) in [4.78, 5) is 6.63. The van der Waals surface area contributed by atoms with E-state index in [4.69, 9.17) is 0 Å². The molecule has 0 amide bonds. The highest BCUT2D eigenvalue weighted by atomic mass is 79.9. The lowest BCUT2D eigenvalue weighted by Gasteiger charge is -2.22. The van der Waals surface area contributed by atoms with Gasteiger partial charge in [0.25, 0.3) is 0 Å². The van der Waals surface area contributed by atoms with E-state index in [1.54, 1.807) is 0 Å². The monoisotopic (exact) mass is 269 g/mol. The number of aromatic nitrogens is 1. The van der Waals surface area contributed by atoms with Crippen molar-refractivity contribution < 1.29 is 0 Å². The molecule has 1 saturated heterocycles. The summed E-state index contributed by atoms with van der Waals surface area (Å²) >= 11 is 3.39. The highest BCUT2D eigenvalue weighted by Crippen LogP contribution is 2.15. The van der Waals surface area contributed by atoms with Gasteiger partial charge in [0.05, 0.1) is 0 Å². The van der Waals surface area contributed by atoms with E-state index in [2.05, 4.69) is 38.2 Å². The zero-order valence-electron chi connectivity index (χ0n) is 8.91. The Bertz CT molecular complexity index is 323. The van der Waals surface area contributed by atoms with Gasteiger partial charge in [-0.2, -0.15) is 0 Å². The van der Waals surface area contributed by atoms with Crippen molar-refractivity contribution in [1.29, 1.82) is 0 Å².